The summed E-state index contributed by atoms with van der Waals surface area (Å²) in [5, 5.41) is 7.86. The van der Waals surface area contributed by atoms with Gasteiger partial charge in [0.15, 0.2) is 0 Å². The van der Waals surface area contributed by atoms with Crippen LogP contribution in [0.2, 0.25) is 0 Å². The summed E-state index contributed by atoms with van der Waals surface area (Å²) in [6, 6.07) is 4.33. The maximum Gasteiger partial charge on any atom is 0.0641 e. The Hall–Kier alpha value is -1.68. The third kappa shape index (κ3) is 2.76. The number of aryl methyl sites for hydroxylation is 3. The van der Waals surface area contributed by atoms with E-state index in [4.69, 9.17) is 0 Å². The lowest BCUT2D eigenvalue weighted by atomic mass is 10.1. The fourth-order valence-corrected chi connectivity index (χ4v) is 2.11. The summed E-state index contributed by atoms with van der Waals surface area (Å²) in [5.74, 6) is 0. The monoisotopic (exact) mass is 244 g/mol. The molecule has 1 unspecified atom stereocenters. The van der Waals surface area contributed by atoms with Gasteiger partial charge < -0.3 is 5.32 Å². The molecule has 4 heteroatoms. The number of hydrogen-bond acceptors (Lipinski definition) is 3. The SMILES string of the molecule is Cc1cccnc1CNC(C)c1cn(C)nc1C. The van der Waals surface area contributed by atoms with Crippen LogP contribution in [0.1, 0.15) is 35.5 Å². The molecule has 2 heterocycles. The molecule has 0 radical (unpaired) electrons. The summed E-state index contributed by atoms with van der Waals surface area (Å²) in [6.07, 6.45) is 3.91. The highest BCUT2D eigenvalue weighted by Gasteiger charge is 2.11. The molecule has 96 valence electrons. The second-order valence-electron chi connectivity index (χ2n) is 4.71. The van der Waals surface area contributed by atoms with Gasteiger partial charge in [0.05, 0.1) is 11.4 Å². The molecule has 2 aromatic heterocycles. The van der Waals surface area contributed by atoms with Gasteiger partial charge in [0.1, 0.15) is 0 Å². The molecule has 1 atom stereocenters. The summed E-state index contributed by atoms with van der Waals surface area (Å²) in [6.45, 7) is 7.06. The Kier molecular flexibility index (Phi) is 3.77. The molecule has 0 aliphatic heterocycles. The molecule has 2 aromatic rings. The number of nitrogens with zero attached hydrogens (tertiary/aromatic N) is 3. The zero-order chi connectivity index (χ0) is 13.1. The Morgan fingerprint density at radius 1 is 1.39 bits per heavy atom. The minimum Gasteiger partial charge on any atom is -0.304 e. The van der Waals surface area contributed by atoms with Crippen LogP contribution in [0.15, 0.2) is 24.5 Å². The molecule has 0 saturated carbocycles. The van der Waals surface area contributed by atoms with Crippen LogP contribution >= 0.6 is 0 Å². The minimum absolute atomic E-state index is 0.278. The Labute approximate surface area is 108 Å². The van der Waals surface area contributed by atoms with Gasteiger partial charge in [-0.25, -0.2) is 0 Å². The van der Waals surface area contributed by atoms with Crippen molar-refractivity contribution in [1.29, 1.82) is 0 Å². The van der Waals surface area contributed by atoms with Gasteiger partial charge in [-0.2, -0.15) is 5.10 Å². The smallest absolute Gasteiger partial charge is 0.0641 e. The van der Waals surface area contributed by atoms with Crippen molar-refractivity contribution < 1.29 is 0 Å². The molecule has 0 aliphatic rings. The molecule has 0 saturated heterocycles. The Morgan fingerprint density at radius 3 is 2.78 bits per heavy atom. The van der Waals surface area contributed by atoms with Gasteiger partial charge in [0, 0.05) is 37.6 Å². The van der Waals surface area contributed by atoms with Gasteiger partial charge in [-0.15, -0.1) is 0 Å². The summed E-state index contributed by atoms with van der Waals surface area (Å²) < 4.78 is 1.86. The van der Waals surface area contributed by atoms with Crippen molar-refractivity contribution in [2.75, 3.05) is 0 Å². The first-order chi connectivity index (χ1) is 8.58. The quantitative estimate of drug-likeness (QED) is 0.897. The number of hydrogen-bond donors (Lipinski definition) is 1. The third-order valence-electron chi connectivity index (χ3n) is 3.21. The second kappa shape index (κ2) is 5.31. The van der Waals surface area contributed by atoms with E-state index in [1.807, 2.05) is 30.9 Å². The first-order valence-electron chi connectivity index (χ1n) is 6.22. The molecule has 1 N–H and O–H groups in total. The fraction of sp³-hybridized carbons (Fsp3) is 0.429. The van der Waals surface area contributed by atoms with E-state index in [2.05, 4.69) is 41.5 Å². The number of aromatic nitrogens is 3. The lowest BCUT2D eigenvalue weighted by Crippen LogP contribution is -2.19. The van der Waals surface area contributed by atoms with Gasteiger partial charge in [-0.1, -0.05) is 6.07 Å². The first kappa shape index (κ1) is 12.8. The van der Waals surface area contributed by atoms with Gasteiger partial charge in [-0.05, 0) is 32.4 Å². The molecule has 2 rings (SSSR count). The number of pyridine rings is 1. The summed E-state index contributed by atoms with van der Waals surface area (Å²) in [5.41, 5.74) is 4.65. The topological polar surface area (TPSA) is 42.7 Å². The molecular formula is C14H20N4. The van der Waals surface area contributed by atoms with Crippen LogP contribution in [0.3, 0.4) is 0 Å². The van der Waals surface area contributed by atoms with Crippen LogP contribution in [0, 0.1) is 13.8 Å². The average molecular weight is 244 g/mol. The summed E-state index contributed by atoms with van der Waals surface area (Å²) in [7, 11) is 1.95. The predicted octanol–water partition coefficient (Wildman–Crippen LogP) is 2.28. The van der Waals surface area contributed by atoms with Crippen molar-refractivity contribution >= 4 is 0 Å². The first-order valence-corrected chi connectivity index (χ1v) is 6.22. The van der Waals surface area contributed by atoms with Crippen molar-refractivity contribution in [2.45, 2.75) is 33.4 Å². The van der Waals surface area contributed by atoms with Crippen LogP contribution in [0.25, 0.3) is 0 Å². The van der Waals surface area contributed by atoms with E-state index in [0.29, 0.717) is 0 Å². The maximum atomic E-state index is 4.39. The van der Waals surface area contributed by atoms with Gasteiger partial charge in [0.2, 0.25) is 0 Å². The lowest BCUT2D eigenvalue weighted by molar-refractivity contribution is 0.563. The zero-order valence-corrected chi connectivity index (χ0v) is 11.4. The zero-order valence-electron chi connectivity index (χ0n) is 11.4. The molecule has 0 spiro atoms. The Morgan fingerprint density at radius 2 is 2.17 bits per heavy atom. The third-order valence-corrected chi connectivity index (χ3v) is 3.21. The van der Waals surface area contributed by atoms with Gasteiger partial charge in [0.25, 0.3) is 0 Å². The van der Waals surface area contributed by atoms with Crippen LogP contribution in [-0.2, 0) is 13.6 Å². The molecule has 0 amide bonds. The standard InChI is InChI=1S/C14H20N4/c1-10-6-5-7-15-14(10)8-16-11(2)13-9-18(4)17-12(13)3/h5-7,9,11,16H,8H2,1-4H3. The molecule has 0 aromatic carbocycles. The van der Waals surface area contributed by atoms with Crippen LogP contribution in [-0.4, -0.2) is 14.8 Å². The highest BCUT2D eigenvalue weighted by Crippen LogP contribution is 2.16. The Balaban J connectivity index is 2.03. The molecule has 0 bridgehead atoms. The van der Waals surface area contributed by atoms with Crippen molar-refractivity contribution in [1.82, 2.24) is 20.1 Å². The van der Waals surface area contributed by atoms with Gasteiger partial charge in [-0.3, -0.25) is 9.67 Å². The fourth-order valence-electron chi connectivity index (χ4n) is 2.11. The number of nitrogens with one attached hydrogen (secondary N) is 1. The largest absolute Gasteiger partial charge is 0.304 e. The molecule has 18 heavy (non-hydrogen) atoms. The highest BCUT2D eigenvalue weighted by molar-refractivity contribution is 5.21. The lowest BCUT2D eigenvalue weighted by Gasteiger charge is -2.13. The normalized spacial score (nSPS) is 12.7. The summed E-state index contributed by atoms with van der Waals surface area (Å²) in [4.78, 5) is 4.39. The van der Waals surface area contributed by atoms with Crippen LogP contribution < -0.4 is 5.32 Å². The van der Waals surface area contributed by atoms with Crippen molar-refractivity contribution in [3.05, 3.63) is 47.0 Å². The van der Waals surface area contributed by atoms with Crippen LogP contribution in [0.5, 0.6) is 0 Å². The van der Waals surface area contributed by atoms with E-state index < -0.39 is 0 Å². The minimum atomic E-state index is 0.278. The van der Waals surface area contributed by atoms with Gasteiger partial charge >= 0.3 is 0 Å². The van der Waals surface area contributed by atoms with Crippen LogP contribution in [0.4, 0.5) is 0 Å². The van der Waals surface area contributed by atoms with Crippen molar-refractivity contribution in [3.63, 3.8) is 0 Å². The second-order valence-corrected chi connectivity index (χ2v) is 4.71. The van der Waals surface area contributed by atoms with E-state index in [0.717, 1.165) is 17.9 Å². The Bertz CT molecular complexity index is 530. The predicted molar refractivity (Wildman–Crippen MR) is 72.2 cm³/mol. The molecule has 0 aliphatic carbocycles. The van der Waals surface area contributed by atoms with E-state index in [9.17, 15) is 0 Å². The highest BCUT2D eigenvalue weighted by atomic mass is 15.3. The van der Waals surface area contributed by atoms with E-state index in [1.165, 1.54) is 11.1 Å². The average Bonchev–Trinajstić information content (AvgIpc) is 2.67. The molecule has 0 fully saturated rings. The van der Waals surface area contributed by atoms with E-state index in [-0.39, 0.29) is 6.04 Å². The number of rotatable bonds is 4. The van der Waals surface area contributed by atoms with Crippen molar-refractivity contribution in [2.24, 2.45) is 7.05 Å². The molecule has 4 nitrogen and oxygen atoms in total. The summed E-state index contributed by atoms with van der Waals surface area (Å²) >= 11 is 0. The van der Waals surface area contributed by atoms with E-state index in [1.54, 1.807) is 0 Å². The molecular weight excluding hydrogens is 224 g/mol. The maximum absolute atomic E-state index is 4.39. The van der Waals surface area contributed by atoms with Crippen molar-refractivity contribution in [3.8, 4) is 0 Å². The van der Waals surface area contributed by atoms with E-state index >= 15 is 0 Å².